The Labute approximate surface area is 69.6 Å². The van der Waals surface area contributed by atoms with Crippen LogP contribution in [-0.2, 0) is 6.54 Å². The van der Waals surface area contributed by atoms with Crippen molar-refractivity contribution in [1.82, 2.24) is 14.5 Å². The van der Waals surface area contributed by atoms with E-state index in [-0.39, 0.29) is 5.69 Å². The number of nitrogens with zero attached hydrogens (tertiary/aromatic N) is 3. The summed E-state index contributed by atoms with van der Waals surface area (Å²) < 4.78 is 1.59. The highest BCUT2D eigenvalue weighted by molar-refractivity contribution is 5.41. The normalized spacial score (nSPS) is 14.4. The molecule has 1 aromatic heterocycles. The number of aryl methyl sites for hydroxylation is 1. The SMILES string of the molecule is Cc1nc2n(c(=O)n1)CCC=C2. The average molecular weight is 163 g/mol. The lowest BCUT2D eigenvalue weighted by atomic mass is 10.3. The molecule has 0 unspecified atom stereocenters. The summed E-state index contributed by atoms with van der Waals surface area (Å²) in [5.41, 5.74) is -0.193. The second-order valence-corrected chi connectivity index (χ2v) is 2.75. The Bertz CT molecular complexity index is 392. The highest BCUT2D eigenvalue weighted by Crippen LogP contribution is 2.04. The van der Waals surface area contributed by atoms with E-state index in [0.717, 1.165) is 12.2 Å². The molecule has 0 saturated heterocycles. The fourth-order valence-electron chi connectivity index (χ4n) is 1.28. The molecule has 0 spiro atoms. The Morgan fingerprint density at radius 2 is 2.33 bits per heavy atom. The maximum absolute atomic E-state index is 11.3. The van der Waals surface area contributed by atoms with E-state index in [0.29, 0.717) is 12.4 Å². The third kappa shape index (κ3) is 1.05. The van der Waals surface area contributed by atoms with E-state index in [4.69, 9.17) is 0 Å². The van der Waals surface area contributed by atoms with Gasteiger partial charge in [0.1, 0.15) is 11.6 Å². The van der Waals surface area contributed by atoms with Crippen LogP contribution in [0.3, 0.4) is 0 Å². The van der Waals surface area contributed by atoms with Gasteiger partial charge in [-0.25, -0.2) is 9.78 Å². The maximum atomic E-state index is 11.3. The number of hydrogen-bond acceptors (Lipinski definition) is 3. The lowest BCUT2D eigenvalue weighted by Crippen LogP contribution is -2.28. The highest BCUT2D eigenvalue weighted by atomic mass is 16.1. The Morgan fingerprint density at radius 3 is 3.17 bits per heavy atom. The first-order chi connectivity index (χ1) is 5.77. The van der Waals surface area contributed by atoms with Gasteiger partial charge >= 0.3 is 5.69 Å². The predicted octanol–water partition coefficient (Wildman–Crippen LogP) is 0.364. The standard InChI is InChI=1S/C8H9N3O/c1-6-9-7-4-2-3-5-11(7)8(12)10-6/h2,4H,3,5H2,1H3. The van der Waals surface area contributed by atoms with E-state index >= 15 is 0 Å². The molecule has 62 valence electrons. The van der Waals surface area contributed by atoms with Crippen molar-refractivity contribution in [3.63, 3.8) is 0 Å². The Kier molecular flexibility index (Phi) is 1.53. The number of hydrogen-bond donors (Lipinski definition) is 0. The third-order valence-electron chi connectivity index (χ3n) is 1.83. The topological polar surface area (TPSA) is 47.8 Å². The predicted molar refractivity (Wildman–Crippen MR) is 44.7 cm³/mol. The van der Waals surface area contributed by atoms with Crippen molar-refractivity contribution in [2.75, 3.05) is 0 Å². The van der Waals surface area contributed by atoms with E-state index < -0.39 is 0 Å². The molecule has 0 radical (unpaired) electrons. The third-order valence-corrected chi connectivity index (χ3v) is 1.83. The fourth-order valence-corrected chi connectivity index (χ4v) is 1.28. The van der Waals surface area contributed by atoms with Crippen LogP contribution in [0.25, 0.3) is 6.08 Å². The summed E-state index contributed by atoms with van der Waals surface area (Å²) in [5.74, 6) is 1.26. The first-order valence-corrected chi connectivity index (χ1v) is 3.89. The lowest BCUT2D eigenvalue weighted by Gasteiger charge is -2.10. The molecular weight excluding hydrogens is 154 g/mol. The minimum absolute atomic E-state index is 0.193. The molecular formula is C8H9N3O. The summed E-state index contributed by atoms with van der Waals surface area (Å²) in [5, 5.41) is 0. The van der Waals surface area contributed by atoms with Crippen LogP contribution in [0.1, 0.15) is 18.1 Å². The molecule has 0 fully saturated rings. The molecule has 0 N–H and O–H groups in total. The zero-order valence-corrected chi connectivity index (χ0v) is 6.82. The van der Waals surface area contributed by atoms with E-state index in [1.165, 1.54) is 0 Å². The van der Waals surface area contributed by atoms with Crippen LogP contribution in [0.15, 0.2) is 10.9 Å². The molecule has 1 aliphatic rings. The molecule has 1 aliphatic heterocycles. The van der Waals surface area contributed by atoms with Gasteiger partial charge < -0.3 is 0 Å². The second kappa shape index (κ2) is 2.55. The van der Waals surface area contributed by atoms with Crippen molar-refractivity contribution in [3.8, 4) is 0 Å². The molecule has 2 heterocycles. The van der Waals surface area contributed by atoms with Crippen molar-refractivity contribution in [1.29, 1.82) is 0 Å². The fraction of sp³-hybridized carbons (Fsp3) is 0.375. The largest absolute Gasteiger partial charge is 0.350 e. The Morgan fingerprint density at radius 1 is 1.50 bits per heavy atom. The van der Waals surface area contributed by atoms with E-state index in [9.17, 15) is 4.79 Å². The molecule has 1 aromatic rings. The van der Waals surface area contributed by atoms with Gasteiger partial charge in [-0.15, -0.1) is 0 Å². The molecule has 0 aromatic carbocycles. The zero-order valence-electron chi connectivity index (χ0n) is 6.82. The average Bonchev–Trinajstić information content (AvgIpc) is 2.04. The molecule has 4 heteroatoms. The van der Waals surface area contributed by atoms with Crippen molar-refractivity contribution in [2.24, 2.45) is 0 Å². The number of aromatic nitrogens is 3. The number of fused-ring (bicyclic) bond motifs is 1. The highest BCUT2D eigenvalue weighted by Gasteiger charge is 2.07. The van der Waals surface area contributed by atoms with Gasteiger partial charge in [0.05, 0.1) is 0 Å². The maximum Gasteiger partial charge on any atom is 0.350 e. The number of allylic oxidation sites excluding steroid dienone is 1. The van der Waals surface area contributed by atoms with Gasteiger partial charge in [-0.2, -0.15) is 4.98 Å². The van der Waals surface area contributed by atoms with Crippen LogP contribution in [0.5, 0.6) is 0 Å². The zero-order chi connectivity index (χ0) is 8.55. The molecule has 0 amide bonds. The molecule has 4 nitrogen and oxygen atoms in total. The summed E-state index contributed by atoms with van der Waals surface area (Å²) in [7, 11) is 0. The van der Waals surface area contributed by atoms with E-state index in [1.54, 1.807) is 11.5 Å². The first-order valence-electron chi connectivity index (χ1n) is 3.89. The lowest BCUT2D eigenvalue weighted by molar-refractivity contribution is 0.614. The van der Waals surface area contributed by atoms with Crippen LogP contribution in [0.2, 0.25) is 0 Å². The number of rotatable bonds is 0. The summed E-state index contributed by atoms with van der Waals surface area (Å²) in [4.78, 5) is 19.2. The quantitative estimate of drug-likeness (QED) is 0.555. The smallest absolute Gasteiger partial charge is 0.276 e. The molecule has 2 rings (SSSR count). The van der Waals surface area contributed by atoms with Gasteiger partial charge in [0, 0.05) is 6.54 Å². The van der Waals surface area contributed by atoms with Crippen LogP contribution in [0, 0.1) is 6.92 Å². The molecule has 0 bridgehead atoms. The van der Waals surface area contributed by atoms with Crippen LogP contribution >= 0.6 is 0 Å². The molecule has 12 heavy (non-hydrogen) atoms. The minimum atomic E-state index is -0.193. The van der Waals surface area contributed by atoms with Gasteiger partial charge in [0.25, 0.3) is 0 Å². The van der Waals surface area contributed by atoms with Crippen LogP contribution < -0.4 is 5.69 Å². The van der Waals surface area contributed by atoms with E-state index in [1.807, 2.05) is 12.2 Å². The van der Waals surface area contributed by atoms with Gasteiger partial charge in [-0.05, 0) is 19.4 Å². The van der Waals surface area contributed by atoms with Crippen LogP contribution in [0.4, 0.5) is 0 Å². The molecule has 0 atom stereocenters. The summed E-state index contributed by atoms with van der Waals surface area (Å²) in [6.45, 7) is 2.43. The monoisotopic (exact) mass is 163 g/mol. The van der Waals surface area contributed by atoms with Crippen molar-refractivity contribution < 1.29 is 0 Å². The second-order valence-electron chi connectivity index (χ2n) is 2.75. The van der Waals surface area contributed by atoms with Crippen molar-refractivity contribution in [3.05, 3.63) is 28.2 Å². The Hall–Kier alpha value is -1.45. The van der Waals surface area contributed by atoms with Gasteiger partial charge in [-0.1, -0.05) is 6.08 Å². The first kappa shape index (κ1) is 7.21. The van der Waals surface area contributed by atoms with Crippen LogP contribution in [-0.4, -0.2) is 14.5 Å². The van der Waals surface area contributed by atoms with Gasteiger partial charge in [-0.3, -0.25) is 4.57 Å². The van der Waals surface area contributed by atoms with Gasteiger partial charge in [0.15, 0.2) is 0 Å². The summed E-state index contributed by atoms with van der Waals surface area (Å²) in [6.07, 6.45) is 4.76. The molecule has 0 saturated carbocycles. The van der Waals surface area contributed by atoms with Gasteiger partial charge in [0.2, 0.25) is 0 Å². The Balaban J connectivity index is 2.71. The molecule has 0 aliphatic carbocycles. The van der Waals surface area contributed by atoms with Crippen molar-refractivity contribution in [2.45, 2.75) is 19.9 Å². The van der Waals surface area contributed by atoms with E-state index in [2.05, 4.69) is 9.97 Å². The van der Waals surface area contributed by atoms with Crippen molar-refractivity contribution >= 4 is 6.08 Å². The summed E-state index contributed by atoms with van der Waals surface area (Å²) >= 11 is 0. The summed E-state index contributed by atoms with van der Waals surface area (Å²) in [6, 6.07) is 0. The minimum Gasteiger partial charge on any atom is -0.276 e.